The van der Waals surface area contributed by atoms with Crippen LogP contribution in [-0.4, -0.2) is 40.5 Å². The predicted molar refractivity (Wildman–Crippen MR) is 73.9 cm³/mol. The van der Waals surface area contributed by atoms with Crippen molar-refractivity contribution >= 4 is 17.6 Å². The molecule has 1 heterocycles. The molecule has 0 spiro atoms. The Morgan fingerprint density at radius 3 is 2.89 bits per heavy atom. The molecule has 0 radical (unpaired) electrons. The largest absolute Gasteiger partial charge is 0.465 e. The fourth-order valence-electron chi connectivity index (χ4n) is 1.62. The lowest BCUT2D eigenvalue weighted by Crippen LogP contribution is -2.31. The molecule has 0 atom stereocenters. The predicted octanol–water partition coefficient (Wildman–Crippen LogP) is 1.99. The van der Waals surface area contributed by atoms with Gasteiger partial charge in [-0.25, -0.2) is 9.97 Å². The van der Waals surface area contributed by atoms with E-state index in [1.54, 1.807) is 19.1 Å². The van der Waals surface area contributed by atoms with E-state index < -0.39 is 0 Å². The Bertz CT molecular complexity index is 431. The van der Waals surface area contributed by atoms with Gasteiger partial charge in [0.05, 0.1) is 19.7 Å². The van der Waals surface area contributed by atoms with Crippen LogP contribution >= 0.6 is 11.6 Å². The van der Waals surface area contributed by atoms with Crippen LogP contribution in [0.15, 0.2) is 18.7 Å². The van der Waals surface area contributed by atoms with Crippen molar-refractivity contribution in [3.8, 4) is 0 Å². The molecule has 19 heavy (non-hydrogen) atoms. The third kappa shape index (κ3) is 5.81. The molecule has 0 unspecified atom stereocenters. The number of aryl methyl sites for hydroxylation is 1. The van der Waals surface area contributed by atoms with Crippen molar-refractivity contribution in [3.05, 3.63) is 35.4 Å². The third-order valence-electron chi connectivity index (χ3n) is 2.28. The van der Waals surface area contributed by atoms with Crippen LogP contribution in [0.3, 0.4) is 0 Å². The summed E-state index contributed by atoms with van der Waals surface area (Å²) in [5, 5.41) is 0.400. The van der Waals surface area contributed by atoms with Gasteiger partial charge in [-0.3, -0.25) is 9.69 Å². The van der Waals surface area contributed by atoms with Crippen molar-refractivity contribution in [2.24, 2.45) is 0 Å². The average Bonchev–Trinajstić information content (AvgIpc) is 2.27. The van der Waals surface area contributed by atoms with Crippen molar-refractivity contribution in [2.75, 3.05) is 19.7 Å². The fourth-order valence-corrected chi connectivity index (χ4v) is 1.87. The molecular weight excluding hydrogens is 266 g/mol. The van der Waals surface area contributed by atoms with E-state index in [-0.39, 0.29) is 12.5 Å². The first-order valence-electron chi connectivity index (χ1n) is 6.04. The monoisotopic (exact) mass is 283 g/mol. The minimum Gasteiger partial charge on any atom is -0.465 e. The SMILES string of the molecule is C=CCN(CC(=O)OCC)Cc1nc(C)cc(Cl)n1. The van der Waals surface area contributed by atoms with E-state index in [0.717, 1.165) is 5.69 Å². The quantitative estimate of drug-likeness (QED) is 0.435. The molecule has 1 aromatic heterocycles. The van der Waals surface area contributed by atoms with E-state index >= 15 is 0 Å². The normalized spacial score (nSPS) is 10.5. The first-order chi connectivity index (χ1) is 9.05. The van der Waals surface area contributed by atoms with E-state index in [9.17, 15) is 4.79 Å². The Balaban J connectivity index is 2.71. The summed E-state index contributed by atoms with van der Waals surface area (Å²) in [5.41, 5.74) is 0.796. The van der Waals surface area contributed by atoms with Gasteiger partial charge in [0.25, 0.3) is 0 Å². The number of esters is 1. The first-order valence-corrected chi connectivity index (χ1v) is 6.42. The van der Waals surface area contributed by atoms with E-state index in [1.807, 2.05) is 11.8 Å². The number of hydrogen-bond donors (Lipinski definition) is 0. The van der Waals surface area contributed by atoms with Crippen molar-refractivity contribution in [2.45, 2.75) is 20.4 Å². The lowest BCUT2D eigenvalue weighted by molar-refractivity contribution is -0.144. The molecule has 5 nitrogen and oxygen atoms in total. The summed E-state index contributed by atoms with van der Waals surface area (Å²) < 4.78 is 4.92. The van der Waals surface area contributed by atoms with E-state index in [4.69, 9.17) is 16.3 Å². The number of rotatable bonds is 7. The van der Waals surface area contributed by atoms with Gasteiger partial charge in [-0.1, -0.05) is 17.7 Å². The Kier molecular flexibility index (Phi) is 6.45. The zero-order valence-electron chi connectivity index (χ0n) is 11.2. The standard InChI is InChI=1S/C13H18ClN3O2/c1-4-6-17(9-13(18)19-5-2)8-12-15-10(3)7-11(14)16-12/h4,7H,1,5-6,8-9H2,2-3H3. The lowest BCUT2D eigenvalue weighted by Gasteiger charge is -2.18. The van der Waals surface area contributed by atoms with Crippen LogP contribution in [-0.2, 0) is 16.1 Å². The second-order valence-electron chi connectivity index (χ2n) is 4.01. The smallest absolute Gasteiger partial charge is 0.320 e. The van der Waals surface area contributed by atoms with Gasteiger partial charge in [0.2, 0.25) is 0 Å². The average molecular weight is 284 g/mol. The fraction of sp³-hybridized carbons (Fsp3) is 0.462. The zero-order valence-corrected chi connectivity index (χ0v) is 12.0. The van der Waals surface area contributed by atoms with E-state index in [1.165, 1.54) is 0 Å². The van der Waals surface area contributed by atoms with Crippen LogP contribution in [0.25, 0.3) is 0 Å². The Labute approximate surface area is 118 Å². The second kappa shape index (κ2) is 7.86. The van der Waals surface area contributed by atoms with Crippen LogP contribution < -0.4 is 0 Å². The van der Waals surface area contributed by atoms with Crippen molar-refractivity contribution < 1.29 is 9.53 Å². The lowest BCUT2D eigenvalue weighted by atomic mass is 10.4. The summed E-state index contributed by atoms with van der Waals surface area (Å²) in [4.78, 5) is 21.8. The highest BCUT2D eigenvalue weighted by Gasteiger charge is 2.13. The Hall–Kier alpha value is -1.46. The number of hydrogen-bond acceptors (Lipinski definition) is 5. The summed E-state index contributed by atoms with van der Waals surface area (Å²) in [5.74, 6) is 0.305. The van der Waals surface area contributed by atoms with Crippen LogP contribution in [0, 0.1) is 6.92 Å². The van der Waals surface area contributed by atoms with Gasteiger partial charge < -0.3 is 4.74 Å². The molecule has 0 amide bonds. The van der Waals surface area contributed by atoms with E-state index in [0.29, 0.717) is 30.7 Å². The molecule has 0 saturated heterocycles. The van der Waals surface area contributed by atoms with Gasteiger partial charge in [-0.05, 0) is 19.9 Å². The van der Waals surface area contributed by atoms with Crippen molar-refractivity contribution in [1.29, 1.82) is 0 Å². The molecule has 1 rings (SSSR count). The summed E-state index contributed by atoms with van der Waals surface area (Å²) in [7, 11) is 0. The number of carbonyl (C=O) groups excluding carboxylic acids is 1. The third-order valence-corrected chi connectivity index (χ3v) is 2.47. The number of nitrogens with zero attached hydrogens (tertiary/aromatic N) is 3. The van der Waals surface area contributed by atoms with Gasteiger partial charge in [-0.15, -0.1) is 6.58 Å². The van der Waals surface area contributed by atoms with Gasteiger partial charge >= 0.3 is 5.97 Å². The molecule has 0 aliphatic carbocycles. The second-order valence-corrected chi connectivity index (χ2v) is 4.40. The maximum absolute atomic E-state index is 11.5. The molecule has 1 aromatic rings. The molecule has 0 saturated carbocycles. The summed E-state index contributed by atoms with van der Waals surface area (Å²) in [6.07, 6.45) is 1.72. The Morgan fingerprint density at radius 2 is 2.32 bits per heavy atom. The van der Waals surface area contributed by atoms with Crippen LogP contribution in [0.2, 0.25) is 5.15 Å². The minimum absolute atomic E-state index is 0.175. The molecular formula is C13H18ClN3O2. The van der Waals surface area contributed by atoms with Gasteiger partial charge in [0.1, 0.15) is 11.0 Å². The highest BCUT2D eigenvalue weighted by molar-refractivity contribution is 6.29. The zero-order chi connectivity index (χ0) is 14.3. The van der Waals surface area contributed by atoms with E-state index in [2.05, 4.69) is 16.5 Å². The number of halogens is 1. The molecule has 0 aliphatic heterocycles. The van der Waals surface area contributed by atoms with Crippen molar-refractivity contribution in [1.82, 2.24) is 14.9 Å². The molecule has 0 bridgehead atoms. The Morgan fingerprint density at radius 1 is 1.58 bits per heavy atom. The highest BCUT2D eigenvalue weighted by Crippen LogP contribution is 2.08. The minimum atomic E-state index is -0.275. The molecule has 0 aromatic carbocycles. The van der Waals surface area contributed by atoms with Gasteiger partial charge in [-0.2, -0.15) is 0 Å². The highest BCUT2D eigenvalue weighted by atomic mass is 35.5. The van der Waals surface area contributed by atoms with Crippen LogP contribution in [0.5, 0.6) is 0 Å². The summed E-state index contributed by atoms with van der Waals surface area (Å²) >= 11 is 5.88. The van der Waals surface area contributed by atoms with Crippen LogP contribution in [0.1, 0.15) is 18.4 Å². The maximum Gasteiger partial charge on any atom is 0.320 e. The molecule has 6 heteroatoms. The van der Waals surface area contributed by atoms with Gasteiger partial charge in [0.15, 0.2) is 0 Å². The summed E-state index contributed by atoms with van der Waals surface area (Å²) in [6.45, 7) is 8.81. The number of carbonyl (C=O) groups is 1. The van der Waals surface area contributed by atoms with Crippen molar-refractivity contribution in [3.63, 3.8) is 0 Å². The number of ether oxygens (including phenoxy) is 1. The molecule has 0 aliphatic rings. The topological polar surface area (TPSA) is 55.3 Å². The number of aromatic nitrogens is 2. The molecule has 0 N–H and O–H groups in total. The molecule has 0 fully saturated rings. The van der Waals surface area contributed by atoms with Gasteiger partial charge in [0, 0.05) is 12.2 Å². The molecule has 104 valence electrons. The summed E-state index contributed by atoms with van der Waals surface area (Å²) in [6, 6.07) is 1.69. The first kappa shape index (κ1) is 15.6. The maximum atomic E-state index is 11.5. The van der Waals surface area contributed by atoms with Crippen LogP contribution in [0.4, 0.5) is 0 Å².